The van der Waals surface area contributed by atoms with Crippen molar-refractivity contribution in [3.8, 4) is 0 Å². The molecule has 5 radical (unpaired) electrons. The molecule has 0 spiro atoms. The molecule has 0 aromatic carbocycles. The van der Waals surface area contributed by atoms with E-state index in [-0.39, 0.29) is 8.41 Å². The third-order valence-electron chi connectivity index (χ3n) is 0. The van der Waals surface area contributed by atoms with E-state index in [9.17, 15) is 0 Å². The Hall–Kier alpha value is 0.0899. The lowest BCUT2D eigenvalue weighted by atomic mass is 10.4. The van der Waals surface area contributed by atoms with Gasteiger partial charge in [0.05, 0.1) is 0 Å². The van der Waals surface area contributed by atoms with Gasteiger partial charge in [-0.05, 0) is 14.1 Å². The molecule has 0 heterocycles. The summed E-state index contributed by atoms with van der Waals surface area (Å²) in [7, 11) is 8.50. The van der Waals surface area contributed by atoms with Crippen LogP contribution < -0.4 is 0 Å². The maximum Gasteiger partial charge on any atom is 0.181 e. The van der Waals surface area contributed by atoms with Crippen LogP contribution in [-0.2, 0) is 0 Å². The molecule has 0 atom stereocenters. The van der Waals surface area contributed by atoms with Crippen molar-refractivity contribution in [2.45, 2.75) is 0 Å². The van der Waals surface area contributed by atoms with Gasteiger partial charge in [0.1, 0.15) is 0 Å². The average Bonchev–Trinajstić information content (AvgIpc) is 0.811. The predicted octanol–water partition coefficient (Wildman–Crippen LogP) is -0.749. The van der Waals surface area contributed by atoms with Gasteiger partial charge in [0.25, 0.3) is 0 Å². The van der Waals surface area contributed by atoms with Gasteiger partial charge in [-0.25, -0.2) is 0 Å². The van der Waals surface area contributed by atoms with E-state index >= 15 is 0 Å². The van der Waals surface area contributed by atoms with Crippen molar-refractivity contribution in [1.82, 2.24) is 4.81 Å². The highest BCUT2D eigenvalue weighted by atomic mass is 14.9. The topological polar surface area (TPSA) is 3.24 Å². The molecular formula is C2H6B2N. The standard InChI is InChI=1S/C2H6BN.B/c1-4(2)3;/h1-2H3;. The lowest BCUT2D eigenvalue weighted by molar-refractivity contribution is 0.679. The summed E-state index contributed by atoms with van der Waals surface area (Å²) in [5, 5.41) is 0. The van der Waals surface area contributed by atoms with Crippen molar-refractivity contribution in [2.75, 3.05) is 14.1 Å². The number of hydrogen-bond acceptors (Lipinski definition) is 1. The Bertz CT molecular complexity index is 12.4. The fraction of sp³-hybridized carbons (Fsp3) is 1.00. The fourth-order valence-corrected chi connectivity index (χ4v) is 0. The first-order valence-corrected chi connectivity index (χ1v) is 1.15. The molecule has 0 saturated carbocycles. The summed E-state index contributed by atoms with van der Waals surface area (Å²) in [5.74, 6) is 0. The van der Waals surface area contributed by atoms with Gasteiger partial charge in [-0.3, -0.25) is 0 Å². The summed E-state index contributed by atoms with van der Waals surface area (Å²) in [6.45, 7) is 0. The molecule has 0 saturated heterocycles. The smallest absolute Gasteiger partial charge is 0.181 e. The zero-order valence-electron chi connectivity index (χ0n) is 3.60. The van der Waals surface area contributed by atoms with Crippen molar-refractivity contribution >= 4 is 16.4 Å². The van der Waals surface area contributed by atoms with Crippen LogP contribution in [0.3, 0.4) is 0 Å². The SMILES string of the molecule is [B].[B]N(C)C. The molecule has 0 bridgehead atoms. The third-order valence-corrected chi connectivity index (χ3v) is 0. The molecule has 0 fully saturated rings. The second kappa shape index (κ2) is 4.09. The molecule has 1 nitrogen and oxygen atoms in total. The van der Waals surface area contributed by atoms with E-state index in [1.807, 2.05) is 0 Å². The molecule has 25 valence electrons. The molecule has 0 N–H and O–H groups in total. The van der Waals surface area contributed by atoms with Gasteiger partial charge in [-0.2, -0.15) is 0 Å². The van der Waals surface area contributed by atoms with Crippen molar-refractivity contribution in [3.05, 3.63) is 0 Å². The Morgan fingerprint density at radius 1 is 1.40 bits per heavy atom. The van der Waals surface area contributed by atoms with E-state index < -0.39 is 0 Å². The van der Waals surface area contributed by atoms with Crippen LogP contribution in [0.15, 0.2) is 0 Å². The number of rotatable bonds is 0. The summed E-state index contributed by atoms with van der Waals surface area (Å²) < 4.78 is 0. The highest BCUT2D eigenvalue weighted by Crippen LogP contribution is 1.44. The highest BCUT2D eigenvalue weighted by Gasteiger charge is 1.59. The molecule has 5 heavy (non-hydrogen) atoms. The van der Waals surface area contributed by atoms with Gasteiger partial charge in [0.15, 0.2) is 7.98 Å². The van der Waals surface area contributed by atoms with E-state index in [1.54, 1.807) is 14.1 Å². The monoisotopic (exact) mass is 66.1 g/mol. The summed E-state index contributed by atoms with van der Waals surface area (Å²) in [6.07, 6.45) is 0. The molecule has 0 aliphatic carbocycles. The molecule has 0 rings (SSSR count). The Kier molecular flexibility index (Phi) is 7.29. The molecule has 0 unspecified atom stereocenters. The van der Waals surface area contributed by atoms with E-state index in [1.165, 1.54) is 4.81 Å². The van der Waals surface area contributed by atoms with Gasteiger partial charge in [-0.1, -0.05) is 0 Å². The van der Waals surface area contributed by atoms with Crippen LogP contribution in [0.5, 0.6) is 0 Å². The van der Waals surface area contributed by atoms with Crippen molar-refractivity contribution < 1.29 is 0 Å². The second-order valence-electron chi connectivity index (χ2n) is 0.964. The quantitative estimate of drug-likeness (QED) is 0.336. The largest absolute Gasteiger partial charge is 0.359 e. The van der Waals surface area contributed by atoms with Crippen LogP contribution >= 0.6 is 0 Å². The van der Waals surface area contributed by atoms with Crippen molar-refractivity contribution in [1.29, 1.82) is 0 Å². The summed E-state index contributed by atoms with van der Waals surface area (Å²) in [5.41, 5.74) is 0. The van der Waals surface area contributed by atoms with Crippen molar-refractivity contribution in [2.24, 2.45) is 0 Å². The van der Waals surface area contributed by atoms with Gasteiger partial charge in [-0.15, -0.1) is 0 Å². The Morgan fingerprint density at radius 2 is 1.40 bits per heavy atom. The maximum atomic E-state index is 4.94. The first-order chi connectivity index (χ1) is 1.73. The minimum absolute atomic E-state index is 0. The second-order valence-corrected chi connectivity index (χ2v) is 0.964. The van der Waals surface area contributed by atoms with E-state index in [0.29, 0.717) is 0 Å². The zero-order chi connectivity index (χ0) is 3.58. The van der Waals surface area contributed by atoms with E-state index in [0.717, 1.165) is 0 Å². The van der Waals surface area contributed by atoms with Crippen LogP contribution in [0.4, 0.5) is 0 Å². The average molecular weight is 65.7 g/mol. The lowest BCUT2D eigenvalue weighted by Crippen LogP contribution is -2.02. The summed E-state index contributed by atoms with van der Waals surface area (Å²) >= 11 is 0. The fourth-order valence-electron chi connectivity index (χ4n) is 0. The molecule has 3 heteroatoms. The molecule has 0 aliphatic rings. The third kappa shape index (κ3) is 2210. The minimum atomic E-state index is 0. The summed E-state index contributed by atoms with van der Waals surface area (Å²) in [4.78, 5) is 1.50. The van der Waals surface area contributed by atoms with Gasteiger partial charge in [0, 0.05) is 8.41 Å². The molecular weight excluding hydrogens is 59.7 g/mol. The Balaban J connectivity index is 0. The maximum absolute atomic E-state index is 4.94. The van der Waals surface area contributed by atoms with Gasteiger partial charge >= 0.3 is 0 Å². The minimum Gasteiger partial charge on any atom is -0.359 e. The zero-order valence-corrected chi connectivity index (χ0v) is 3.60. The molecule has 0 aromatic rings. The first-order valence-electron chi connectivity index (χ1n) is 1.15. The summed E-state index contributed by atoms with van der Waals surface area (Å²) in [6, 6.07) is 0. The van der Waals surface area contributed by atoms with Crippen LogP contribution in [0.2, 0.25) is 0 Å². The highest BCUT2D eigenvalue weighted by molar-refractivity contribution is 6.03. The first kappa shape index (κ1) is 8.92. The van der Waals surface area contributed by atoms with Gasteiger partial charge in [0.2, 0.25) is 0 Å². The van der Waals surface area contributed by atoms with Crippen LogP contribution in [0.1, 0.15) is 0 Å². The molecule has 0 amide bonds. The van der Waals surface area contributed by atoms with Crippen LogP contribution in [-0.4, -0.2) is 35.3 Å². The molecule has 0 aliphatic heterocycles. The Morgan fingerprint density at radius 3 is 1.40 bits per heavy atom. The van der Waals surface area contributed by atoms with Crippen LogP contribution in [0.25, 0.3) is 0 Å². The van der Waals surface area contributed by atoms with E-state index in [2.05, 4.69) is 0 Å². The predicted molar refractivity (Wildman–Crippen MR) is 25.2 cm³/mol. The van der Waals surface area contributed by atoms with Gasteiger partial charge < -0.3 is 4.81 Å². The lowest BCUT2D eigenvalue weighted by Gasteiger charge is -1.90. The van der Waals surface area contributed by atoms with Crippen molar-refractivity contribution in [3.63, 3.8) is 0 Å². The number of nitrogens with zero attached hydrogens (tertiary/aromatic N) is 1. The van der Waals surface area contributed by atoms with E-state index in [4.69, 9.17) is 7.98 Å². The normalized spacial score (nSPS) is 7.00. The molecule has 0 aromatic heterocycles. The Labute approximate surface area is 36.4 Å². The number of hydrogen-bond donors (Lipinski definition) is 0. The van der Waals surface area contributed by atoms with Crippen LogP contribution in [0, 0.1) is 0 Å².